The Morgan fingerprint density at radius 2 is 2.32 bits per heavy atom. The molecule has 1 atom stereocenters. The summed E-state index contributed by atoms with van der Waals surface area (Å²) in [5, 5.41) is 14.2. The minimum atomic E-state index is -0.368. The molecule has 0 spiro atoms. The second-order valence-corrected chi connectivity index (χ2v) is 6.37. The van der Waals surface area contributed by atoms with Gasteiger partial charge in [-0.2, -0.15) is 0 Å². The quantitative estimate of drug-likeness (QED) is 0.719. The molecule has 0 amide bonds. The van der Waals surface area contributed by atoms with Gasteiger partial charge in [0.1, 0.15) is 0 Å². The van der Waals surface area contributed by atoms with E-state index in [1.54, 1.807) is 7.11 Å². The van der Waals surface area contributed by atoms with Gasteiger partial charge in [0.2, 0.25) is 0 Å². The molecule has 1 fully saturated rings. The van der Waals surface area contributed by atoms with Crippen LogP contribution in [-0.2, 0) is 11.3 Å². The molecule has 1 saturated carbocycles. The fourth-order valence-corrected chi connectivity index (χ4v) is 3.58. The molecule has 0 aromatic carbocycles. The fourth-order valence-electron chi connectivity index (χ4n) is 2.52. The molecule has 0 saturated heterocycles. The van der Waals surface area contributed by atoms with Crippen LogP contribution in [0.2, 0.25) is 0 Å². The first kappa shape index (κ1) is 14.9. The second-order valence-electron chi connectivity index (χ2n) is 5.22. The van der Waals surface area contributed by atoms with E-state index in [0.717, 1.165) is 19.5 Å². The normalized spacial score (nSPS) is 18.0. The molecule has 2 rings (SSSR count). The highest BCUT2D eigenvalue weighted by atomic mass is 32.1. The van der Waals surface area contributed by atoms with E-state index in [2.05, 4.69) is 10.3 Å². The van der Waals surface area contributed by atoms with Gasteiger partial charge in [0, 0.05) is 30.6 Å². The third kappa shape index (κ3) is 4.84. The highest BCUT2D eigenvalue weighted by Gasteiger charge is 2.19. The number of aliphatic hydroxyl groups excluding tert-OH is 1. The summed E-state index contributed by atoms with van der Waals surface area (Å²) in [6, 6.07) is 0. The molecule has 1 aliphatic rings. The van der Waals surface area contributed by atoms with E-state index in [0.29, 0.717) is 12.5 Å². The van der Waals surface area contributed by atoms with Crippen LogP contribution in [-0.4, -0.2) is 36.5 Å². The summed E-state index contributed by atoms with van der Waals surface area (Å²) in [5.74, 6) is 0.710. The molecular weight excluding hydrogens is 260 g/mol. The zero-order valence-corrected chi connectivity index (χ0v) is 12.4. The Kier molecular flexibility index (Phi) is 6.23. The van der Waals surface area contributed by atoms with Crippen LogP contribution in [0, 0.1) is 0 Å². The van der Waals surface area contributed by atoms with Crippen molar-refractivity contribution in [3.05, 3.63) is 16.1 Å². The van der Waals surface area contributed by atoms with Gasteiger partial charge in [-0.15, -0.1) is 11.3 Å². The molecule has 2 N–H and O–H groups in total. The van der Waals surface area contributed by atoms with E-state index >= 15 is 0 Å². The first-order valence-corrected chi connectivity index (χ1v) is 7.93. The Hall–Kier alpha value is -0.490. The molecule has 0 aliphatic heterocycles. The lowest BCUT2D eigenvalue weighted by atomic mass is 10.1. The van der Waals surface area contributed by atoms with Gasteiger partial charge in [-0.1, -0.05) is 12.8 Å². The zero-order valence-electron chi connectivity index (χ0n) is 11.6. The standard InChI is InChI=1S/C14H24N2O2S/c1-18-10-12(17)6-7-15-8-13-9-16-14(19-13)11-4-2-3-5-11/h9,11-12,15,17H,2-8,10H2,1H3. The van der Waals surface area contributed by atoms with E-state index in [1.165, 1.54) is 35.6 Å². The molecule has 0 radical (unpaired) electrons. The Labute approximate surface area is 119 Å². The van der Waals surface area contributed by atoms with Gasteiger partial charge in [-0.3, -0.25) is 0 Å². The van der Waals surface area contributed by atoms with Gasteiger partial charge in [0.05, 0.1) is 17.7 Å². The number of hydrogen-bond donors (Lipinski definition) is 2. The number of hydrogen-bond acceptors (Lipinski definition) is 5. The number of rotatable bonds is 8. The van der Waals surface area contributed by atoms with Crippen LogP contribution in [0.5, 0.6) is 0 Å². The lowest BCUT2D eigenvalue weighted by molar-refractivity contribution is 0.0594. The van der Waals surface area contributed by atoms with E-state index < -0.39 is 0 Å². The Morgan fingerprint density at radius 1 is 1.53 bits per heavy atom. The van der Waals surface area contributed by atoms with Gasteiger partial charge in [-0.25, -0.2) is 4.98 Å². The molecule has 5 heteroatoms. The minimum absolute atomic E-state index is 0.368. The number of thiazole rings is 1. The van der Waals surface area contributed by atoms with Gasteiger partial charge >= 0.3 is 0 Å². The molecule has 1 aromatic heterocycles. The lowest BCUT2D eigenvalue weighted by Gasteiger charge is -2.09. The van der Waals surface area contributed by atoms with E-state index in [4.69, 9.17) is 4.74 Å². The average Bonchev–Trinajstić information content (AvgIpc) is 3.05. The van der Waals surface area contributed by atoms with Crippen molar-refractivity contribution in [2.75, 3.05) is 20.3 Å². The summed E-state index contributed by atoms with van der Waals surface area (Å²) in [6.45, 7) is 2.07. The molecule has 108 valence electrons. The lowest BCUT2D eigenvalue weighted by Crippen LogP contribution is -2.22. The van der Waals surface area contributed by atoms with E-state index in [9.17, 15) is 5.11 Å². The van der Waals surface area contributed by atoms with Crippen LogP contribution < -0.4 is 5.32 Å². The Balaban J connectivity index is 1.66. The van der Waals surface area contributed by atoms with Crippen molar-refractivity contribution < 1.29 is 9.84 Å². The third-order valence-corrected chi connectivity index (χ3v) is 4.75. The number of nitrogens with zero attached hydrogens (tertiary/aromatic N) is 1. The van der Waals surface area contributed by atoms with Crippen molar-refractivity contribution in [3.8, 4) is 0 Å². The van der Waals surface area contributed by atoms with Crippen molar-refractivity contribution in [2.24, 2.45) is 0 Å². The van der Waals surface area contributed by atoms with Gasteiger partial charge in [0.15, 0.2) is 0 Å². The van der Waals surface area contributed by atoms with Crippen molar-refractivity contribution >= 4 is 11.3 Å². The van der Waals surface area contributed by atoms with E-state index in [-0.39, 0.29) is 6.10 Å². The van der Waals surface area contributed by atoms with Crippen LogP contribution >= 0.6 is 11.3 Å². The summed E-state index contributed by atoms with van der Waals surface area (Å²) < 4.78 is 4.89. The monoisotopic (exact) mass is 284 g/mol. The zero-order chi connectivity index (χ0) is 13.5. The number of ether oxygens (including phenoxy) is 1. The van der Waals surface area contributed by atoms with Crippen LogP contribution in [0.4, 0.5) is 0 Å². The maximum Gasteiger partial charge on any atom is 0.0959 e. The van der Waals surface area contributed by atoms with Crippen LogP contribution in [0.25, 0.3) is 0 Å². The molecule has 1 unspecified atom stereocenters. The van der Waals surface area contributed by atoms with Crippen molar-refractivity contribution in [1.82, 2.24) is 10.3 Å². The molecule has 19 heavy (non-hydrogen) atoms. The highest BCUT2D eigenvalue weighted by molar-refractivity contribution is 7.11. The average molecular weight is 284 g/mol. The fraction of sp³-hybridized carbons (Fsp3) is 0.786. The van der Waals surface area contributed by atoms with Crippen molar-refractivity contribution in [2.45, 2.75) is 50.7 Å². The maximum atomic E-state index is 9.52. The Morgan fingerprint density at radius 3 is 3.05 bits per heavy atom. The number of aromatic nitrogens is 1. The predicted molar refractivity (Wildman–Crippen MR) is 77.5 cm³/mol. The van der Waals surface area contributed by atoms with Gasteiger partial charge < -0.3 is 15.2 Å². The minimum Gasteiger partial charge on any atom is -0.391 e. The molecule has 1 aliphatic carbocycles. The van der Waals surface area contributed by atoms with Gasteiger partial charge in [0.25, 0.3) is 0 Å². The number of nitrogens with one attached hydrogen (secondary N) is 1. The molecule has 1 aromatic rings. The van der Waals surface area contributed by atoms with E-state index in [1.807, 2.05) is 17.5 Å². The molecule has 1 heterocycles. The first-order chi connectivity index (χ1) is 9.29. The predicted octanol–water partition coefficient (Wildman–Crippen LogP) is 2.29. The summed E-state index contributed by atoms with van der Waals surface area (Å²) in [6.07, 6.45) is 7.68. The summed E-state index contributed by atoms with van der Waals surface area (Å²) in [7, 11) is 1.61. The smallest absolute Gasteiger partial charge is 0.0959 e. The maximum absolute atomic E-state index is 9.52. The summed E-state index contributed by atoms with van der Waals surface area (Å²) >= 11 is 1.84. The number of aliphatic hydroxyl groups is 1. The first-order valence-electron chi connectivity index (χ1n) is 7.12. The number of methoxy groups -OCH3 is 1. The largest absolute Gasteiger partial charge is 0.391 e. The van der Waals surface area contributed by atoms with Crippen molar-refractivity contribution in [1.29, 1.82) is 0 Å². The third-order valence-electron chi connectivity index (χ3n) is 3.59. The summed E-state index contributed by atoms with van der Waals surface area (Å²) in [4.78, 5) is 5.85. The van der Waals surface area contributed by atoms with Gasteiger partial charge in [-0.05, 0) is 25.8 Å². The van der Waals surface area contributed by atoms with Crippen LogP contribution in [0.3, 0.4) is 0 Å². The van der Waals surface area contributed by atoms with Crippen LogP contribution in [0.1, 0.15) is 47.9 Å². The second kappa shape index (κ2) is 7.94. The summed E-state index contributed by atoms with van der Waals surface area (Å²) in [5.41, 5.74) is 0. The Bertz CT molecular complexity index is 364. The van der Waals surface area contributed by atoms with Crippen LogP contribution in [0.15, 0.2) is 6.20 Å². The molecular formula is C14H24N2O2S. The topological polar surface area (TPSA) is 54.4 Å². The molecule has 4 nitrogen and oxygen atoms in total. The molecule has 0 bridgehead atoms. The highest BCUT2D eigenvalue weighted by Crippen LogP contribution is 2.35. The van der Waals surface area contributed by atoms with Crippen molar-refractivity contribution in [3.63, 3.8) is 0 Å². The SMILES string of the molecule is COCC(O)CCNCc1cnc(C2CCCC2)s1.